The van der Waals surface area contributed by atoms with Crippen molar-refractivity contribution in [3.8, 4) is 0 Å². The normalized spacial score (nSPS) is 11.9. The Kier molecular flexibility index (Phi) is 4.09. The van der Waals surface area contributed by atoms with Crippen LogP contribution in [0.3, 0.4) is 0 Å². The van der Waals surface area contributed by atoms with E-state index >= 15 is 0 Å². The van der Waals surface area contributed by atoms with Crippen LogP contribution in [0.4, 0.5) is 0 Å². The summed E-state index contributed by atoms with van der Waals surface area (Å²) in [6.07, 6.45) is 0. The number of hydrogen-bond donors (Lipinski definition) is 1. The van der Waals surface area contributed by atoms with E-state index in [1.54, 1.807) is 19.2 Å². The Balaban J connectivity index is 1.87. The summed E-state index contributed by atoms with van der Waals surface area (Å²) in [5, 5.41) is 0. The first kappa shape index (κ1) is 15.9. The summed E-state index contributed by atoms with van der Waals surface area (Å²) in [7, 11) is -1.95. The summed E-state index contributed by atoms with van der Waals surface area (Å²) in [5.41, 5.74) is 2.75. The quantitative estimate of drug-likeness (QED) is 0.787. The Morgan fingerprint density at radius 2 is 1.83 bits per heavy atom. The van der Waals surface area contributed by atoms with Gasteiger partial charge in [0.2, 0.25) is 10.0 Å². The van der Waals surface area contributed by atoms with Crippen LogP contribution in [-0.4, -0.2) is 13.0 Å². The monoisotopic (exact) mass is 348 g/mol. The highest BCUT2D eigenvalue weighted by molar-refractivity contribution is 7.89. The molecule has 0 radical (unpaired) electrons. The number of thiazole rings is 1. The maximum Gasteiger partial charge on any atom is 0.307 e. The average Bonchev–Trinajstić information content (AvgIpc) is 2.81. The lowest BCUT2D eigenvalue weighted by atomic mass is 10.2. The number of benzene rings is 2. The van der Waals surface area contributed by atoms with Gasteiger partial charge in [0.1, 0.15) is 0 Å². The van der Waals surface area contributed by atoms with Crippen molar-refractivity contribution in [2.45, 2.75) is 18.4 Å². The summed E-state index contributed by atoms with van der Waals surface area (Å²) in [5.74, 6) is 0. The molecule has 0 saturated heterocycles. The standard InChI is InChI=1S/C16H16N2O3S2/c1-11-3-5-12(6-4-11)10-17-23(20,21)13-7-8-14-15(9-13)22-16(19)18(14)2/h3-9,17H,10H2,1-2H3. The number of rotatable bonds is 4. The Hall–Kier alpha value is -1.96. The third-order valence-corrected chi connectivity index (χ3v) is 6.06. The van der Waals surface area contributed by atoms with E-state index in [0.29, 0.717) is 4.70 Å². The number of sulfonamides is 1. The van der Waals surface area contributed by atoms with E-state index in [9.17, 15) is 13.2 Å². The smallest absolute Gasteiger partial charge is 0.302 e. The molecule has 3 aromatic rings. The molecule has 0 atom stereocenters. The van der Waals surface area contributed by atoms with Crippen molar-refractivity contribution in [3.05, 3.63) is 63.3 Å². The van der Waals surface area contributed by atoms with E-state index in [1.807, 2.05) is 31.2 Å². The summed E-state index contributed by atoms with van der Waals surface area (Å²) in [6.45, 7) is 2.21. The fourth-order valence-electron chi connectivity index (χ4n) is 2.25. The van der Waals surface area contributed by atoms with Gasteiger partial charge in [-0.1, -0.05) is 41.2 Å². The molecule has 0 aliphatic carbocycles. The molecule has 0 amide bonds. The summed E-state index contributed by atoms with van der Waals surface area (Å²) < 4.78 is 29.6. The molecule has 0 aliphatic rings. The molecule has 1 heterocycles. The van der Waals surface area contributed by atoms with Crippen molar-refractivity contribution in [1.29, 1.82) is 0 Å². The van der Waals surface area contributed by atoms with Gasteiger partial charge in [-0.15, -0.1) is 0 Å². The number of fused-ring (bicyclic) bond motifs is 1. The number of nitrogens with zero attached hydrogens (tertiary/aromatic N) is 1. The van der Waals surface area contributed by atoms with Gasteiger partial charge in [0, 0.05) is 13.6 Å². The molecule has 23 heavy (non-hydrogen) atoms. The fourth-order valence-corrected chi connectivity index (χ4v) is 4.29. The maximum atomic E-state index is 12.4. The van der Waals surface area contributed by atoms with Crippen LogP contribution in [0.15, 0.2) is 52.2 Å². The van der Waals surface area contributed by atoms with Crippen LogP contribution in [0.5, 0.6) is 0 Å². The molecule has 0 aliphatic heterocycles. The van der Waals surface area contributed by atoms with Gasteiger partial charge in [-0.2, -0.15) is 0 Å². The SMILES string of the molecule is Cc1ccc(CNS(=O)(=O)c2ccc3c(c2)sc(=O)n3C)cc1. The van der Waals surface area contributed by atoms with Crippen LogP contribution in [0.25, 0.3) is 10.2 Å². The second kappa shape index (κ2) is 5.92. The van der Waals surface area contributed by atoms with E-state index in [1.165, 1.54) is 10.6 Å². The Morgan fingerprint density at radius 3 is 2.52 bits per heavy atom. The number of nitrogens with one attached hydrogen (secondary N) is 1. The summed E-state index contributed by atoms with van der Waals surface area (Å²) >= 11 is 1.04. The van der Waals surface area contributed by atoms with Crippen LogP contribution >= 0.6 is 11.3 Å². The molecule has 1 aromatic heterocycles. The zero-order valence-electron chi connectivity index (χ0n) is 12.7. The zero-order valence-corrected chi connectivity index (χ0v) is 14.4. The molecular weight excluding hydrogens is 332 g/mol. The first-order chi connectivity index (χ1) is 10.9. The molecule has 1 N–H and O–H groups in total. The minimum Gasteiger partial charge on any atom is -0.302 e. The highest BCUT2D eigenvalue weighted by Gasteiger charge is 2.15. The summed E-state index contributed by atoms with van der Waals surface area (Å²) in [6, 6.07) is 12.4. The second-order valence-electron chi connectivity index (χ2n) is 5.37. The van der Waals surface area contributed by atoms with Crippen molar-refractivity contribution in [2.24, 2.45) is 7.05 Å². The van der Waals surface area contributed by atoms with Crippen LogP contribution < -0.4 is 9.60 Å². The lowest BCUT2D eigenvalue weighted by molar-refractivity contribution is 0.581. The van der Waals surface area contributed by atoms with E-state index < -0.39 is 10.0 Å². The predicted octanol–water partition coefficient (Wildman–Crippen LogP) is 2.39. The second-order valence-corrected chi connectivity index (χ2v) is 8.13. The van der Waals surface area contributed by atoms with Crippen molar-refractivity contribution in [1.82, 2.24) is 9.29 Å². The van der Waals surface area contributed by atoms with Crippen LogP contribution in [0, 0.1) is 6.92 Å². The van der Waals surface area contributed by atoms with Gasteiger partial charge in [-0.3, -0.25) is 4.79 Å². The van der Waals surface area contributed by atoms with Crippen molar-refractivity contribution in [2.75, 3.05) is 0 Å². The lowest BCUT2D eigenvalue weighted by Crippen LogP contribution is -2.23. The van der Waals surface area contributed by atoms with Crippen molar-refractivity contribution < 1.29 is 8.42 Å². The Morgan fingerprint density at radius 1 is 1.13 bits per heavy atom. The first-order valence-electron chi connectivity index (χ1n) is 7.01. The third kappa shape index (κ3) is 3.21. The Labute approximate surface area is 138 Å². The highest BCUT2D eigenvalue weighted by Crippen LogP contribution is 2.21. The van der Waals surface area contributed by atoms with Gasteiger partial charge in [0.15, 0.2) is 0 Å². The van der Waals surface area contributed by atoms with Crippen LogP contribution in [0.1, 0.15) is 11.1 Å². The fraction of sp³-hybridized carbons (Fsp3) is 0.188. The molecule has 0 saturated carbocycles. The van der Waals surface area contributed by atoms with Crippen molar-refractivity contribution >= 4 is 31.6 Å². The van der Waals surface area contributed by atoms with Crippen LogP contribution in [-0.2, 0) is 23.6 Å². The molecule has 3 rings (SSSR count). The molecule has 2 aromatic carbocycles. The van der Waals surface area contributed by atoms with Gasteiger partial charge >= 0.3 is 4.87 Å². The predicted molar refractivity (Wildman–Crippen MR) is 92.3 cm³/mol. The molecule has 5 nitrogen and oxygen atoms in total. The molecular formula is C16H16N2O3S2. The average molecular weight is 348 g/mol. The Bertz CT molecular complexity index is 1020. The zero-order chi connectivity index (χ0) is 16.6. The van der Waals surface area contributed by atoms with E-state index in [2.05, 4.69) is 4.72 Å². The molecule has 0 spiro atoms. The molecule has 0 bridgehead atoms. The molecule has 0 fully saturated rings. The topological polar surface area (TPSA) is 68.2 Å². The van der Waals surface area contributed by atoms with Gasteiger partial charge < -0.3 is 4.57 Å². The van der Waals surface area contributed by atoms with Gasteiger partial charge in [-0.05, 0) is 30.7 Å². The minimum atomic E-state index is -3.62. The number of aromatic nitrogens is 1. The molecule has 120 valence electrons. The highest BCUT2D eigenvalue weighted by atomic mass is 32.2. The third-order valence-electron chi connectivity index (χ3n) is 3.66. The van der Waals surface area contributed by atoms with E-state index in [0.717, 1.165) is 28.0 Å². The first-order valence-corrected chi connectivity index (χ1v) is 9.31. The van der Waals surface area contributed by atoms with Crippen molar-refractivity contribution in [3.63, 3.8) is 0 Å². The van der Waals surface area contributed by atoms with E-state index in [4.69, 9.17) is 0 Å². The molecule has 0 unspecified atom stereocenters. The number of hydrogen-bond acceptors (Lipinski definition) is 4. The maximum absolute atomic E-state index is 12.4. The van der Waals surface area contributed by atoms with Crippen LogP contribution in [0.2, 0.25) is 0 Å². The number of aryl methyl sites for hydroxylation is 2. The largest absolute Gasteiger partial charge is 0.307 e. The minimum absolute atomic E-state index is 0.109. The summed E-state index contributed by atoms with van der Waals surface area (Å²) in [4.78, 5) is 11.7. The van der Waals surface area contributed by atoms with Gasteiger partial charge in [-0.25, -0.2) is 13.1 Å². The van der Waals surface area contributed by atoms with Gasteiger partial charge in [0.05, 0.1) is 15.1 Å². The lowest BCUT2D eigenvalue weighted by Gasteiger charge is -2.07. The van der Waals surface area contributed by atoms with Gasteiger partial charge in [0.25, 0.3) is 0 Å². The molecule has 7 heteroatoms. The van der Waals surface area contributed by atoms with E-state index in [-0.39, 0.29) is 16.3 Å².